The first-order valence-electron chi connectivity index (χ1n) is 6.40. The highest BCUT2D eigenvalue weighted by Gasteiger charge is 2.32. The lowest BCUT2D eigenvalue weighted by atomic mass is 9.80. The maximum absolute atomic E-state index is 5.96. The van der Waals surface area contributed by atoms with Crippen molar-refractivity contribution in [3.05, 3.63) is 0 Å². The molecule has 3 N–H and O–H groups in total. The van der Waals surface area contributed by atoms with E-state index >= 15 is 0 Å². The van der Waals surface area contributed by atoms with Gasteiger partial charge in [0.15, 0.2) is 0 Å². The molecule has 2 aliphatic rings. The lowest BCUT2D eigenvalue weighted by Crippen LogP contribution is -2.57. The highest BCUT2D eigenvalue weighted by atomic mass is 16.5. The number of hydrogen-bond acceptors (Lipinski definition) is 3. The normalized spacial score (nSPS) is 27.8. The Labute approximate surface area is 92.7 Å². The van der Waals surface area contributed by atoms with E-state index in [-0.39, 0.29) is 5.54 Å². The van der Waals surface area contributed by atoms with Crippen molar-refractivity contribution in [1.82, 2.24) is 5.32 Å². The molecule has 2 fully saturated rings. The van der Waals surface area contributed by atoms with Crippen LogP contribution in [0.25, 0.3) is 0 Å². The van der Waals surface area contributed by atoms with Crippen molar-refractivity contribution >= 4 is 0 Å². The maximum Gasteiger partial charge on any atom is 0.0480 e. The monoisotopic (exact) mass is 212 g/mol. The Morgan fingerprint density at radius 3 is 2.40 bits per heavy atom. The van der Waals surface area contributed by atoms with E-state index < -0.39 is 0 Å². The zero-order chi connectivity index (χ0) is 10.6. The van der Waals surface area contributed by atoms with Crippen LogP contribution in [0.5, 0.6) is 0 Å². The third-order valence-electron chi connectivity index (χ3n) is 3.93. The average molecular weight is 212 g/mol. The summed E-state index contributed by atoms with van der Waals surface area (Å²) in [5.41, 5.74) is 6.21. The second-order valence-electron chi connectivity index (χ2n) is 5.08. The minimum absolute atomic E-state index is 0.250. The quantitative estimate of drug-likeness (QED) is 0.743. The molecule has 1 saturated carbocycles. The lowest BCUT2D eigenvalue weighted by Gasteiger charge is -2.41. The number of ether oxygens (including phenoxy) is 1. The summed E-state index contributed by atoms with van der Waals surface area (Å²) in [6, 6.07) is 0.639. The number of nitrogens with one attached hydrogen (secondary N) is 1. The molecule has 1 heterocycles. The van der Waals surface area contributed by atoms with Crippen LogP contribution >= 0.6 is 0 Å². The molecule has 1 saturated heterocycles. The molecule has 88 valence electrons. The molecule has 0 spiro atoms. The summed E-state index contributed by atoms with van der Waals surface area (Å²) in [6.45, 7) is 2.63. The Hall–Kier alpha value is -0.120. The van der Waals surface area contributed by atoms with Crippen molar-refractivity contribution in [2.45, 2.75) is 56.5 Å². The summed E-state index contributed by atoms with van der Waals surface area (Å²) in [7, 11) is 0. The first-order chi connectivity index (χ1) is 7.35. The Morgan fingerprint density at radius 2 is 1.80 bits per heavy atom. The molecule has 0 aromatic carbocycles. The molecular formula is C12H24N2O. The van der Waals surface area contributed by atoms with Crippen LogP contribution in [-0.2, 0) is 4.74 Å². The van der Waals surface area contributed by atoms with Crippen LogP contribution in [0.1, 0.15) is 44.9 Å². The first kappa shape index (κ1) is 11.4. The topological polar surface area (TPSA) is 47.3 Å². The van der Waals surface area contributed by atoms with Crippen molar-refractivity contribution in [2.75, 3.05) is 19.8 Å². The van der Waals surface area contributed by atoms with Gasteiger partial charge in [-0.1, -0.05) is 19.3 Å². The van der Waals surface area contributed by atoms with Gasteiger partial charge >= 0.3 is 0 Å². The van der Waals surface area contributed by atoms with Gasteiger partial charge in [0.1, 0.15) is 0 Å². The van der Waals surface area contributed by atoms with Gasteiger partial charge in [-0.3, -0.25) is 0 Å². The maximum atomic E-state index is 5.96. The zero-order valence-corrected chi connectivity index (χ0v) is 9.63. The molecule has 3 heteroatoms. The van der Waals surface area contributed by atoms with Gasteiger partial charge in [-0.05, 0) is 25.7 Å². The van der Waals surface area contributed by atoms with Gasteiger partial charge in [0.25, 0.3) is 0 Å². The third kappa shape index (κ3) is 2.92. The van der Waals surface area contributed by atoms with E-state index in [1.165, 1.54) is 32.1 Å². The van der Waals surface area contributed by atoms with Crippen LogP contribution in [0.15, 0.2) is 0 Å². The van der Waals surface area contributed by atoms with Crippen molar-refractivity contribution in [1.29, 1.82) is 0 Å². The lowest BCUT2D eigenvalue weighted by molar-refractivity contribution is 0.0633. The van der Waals surface area contributed by atoms with E-state index in [2.05, 4.69) is 5.32 Å². The molecule has 1 aliphatic carbocycles. The smallest absolute Gasteiger partial charge is 0.0480 e. The second-order valence-corrected chi connectivity index (χ2v) is 5.08. The predicted octanol–water partition coefficient (Wildman–Crippen LogP) is 1.42. The van der Waals surface area contributed by atoms with Crippen molar-refractivity contribution in [2.24, 2.45) is 5.73 Å². The van der Waals surface area contributed by atoms with E-state index in [1.54, 1.807) is 0 Å². The predicted molar refractivity (Wildman–Crippen MR) is 61.8 cm³/mol. The Balaban J connectivity index is 1.87. The molecule has 0 aromatic rings. The minimum Gasteiger partial charge on any atom is -0.381 e. The molecule has 0 unspecified atom stereocenters. The van der Waals surface area contributed by atoms with Crippen molar-refractivity contribution in [3.8, 4) is 0 Å². The Bertz CT molecular complexity index is 184. The fraction of sp³-hybridized carbons (Fsp3) is 1.00. The standard InChI is InChI=1S/C12H24N2O/c13-10-12(6-2-1-3-7-12)14-11-4-8-15-9-5-11/h11,14H,1-10,13H2. The molecular weight excluding hydrogens is 188 g/mol. The molecule has 2 rings (SSSR count). The molecule has 0 aromatic heterocycles. The number of nitrogens with two attached hydrogens (primary N) is 1. The largest absolute Gasteiger partial charge is 0.381 e. The van der Waals surface area contributed by atoms with Crippen LogP contribution in [-0.4, -0.2) is 31.3 Å². The van der Waals surface area contributed by atoms with Gasteiger partial charge in [0.2, 0.25) is 0 Å². The van der Waals surface area contributed by atoms with E-state index in [4.69, 9.17) is 10.5 Å². The highest BCUT2D eigenvalue weighted by Crippen LogP contribution is 2.28. The minimum atomic E-state index is 0.250. The number of rotatable bonds is 3. The first-order valence-corrected chi connectivity index (χ1v) is 6.40. The molecule has 15 heavy (non-hydrogen) atoms. The third-order valence-corrected chi connectivity index (χ3v) is 3.93. The molecule has 1 aliphatic heterocycles. The fourth-order valence-electron chi connectivity index (χ4n) is 2.91. The van der Waals surface area contributed by atoms with Gasteiger partial charge in [-0.2, -0.15) is 0 Å². The summed E-state index contributed by atoms with van der Waals surface area (Å²) in [6.07, 6.45) is 8.91. The Morgan fingerprint density at radius 1 is 1.13 bits per heavy atom. The number of hydrogen-bond donors (Lipinski definition) is 2. The summed E-state index contributed by atoms with van der Waals surface area (Å²) in [4.78, 5) is 0. The average Bonchev–Trinajstić information content (AvgIpc) is 2.32. The fourth-order valence-corrected chi connectivity index (χ4v) is 2.91. The van der Waals surface area contributed by atoms with E-state index in [1.807, 2.05) is 0 Å². The second kappa shape index (κ2) is 5.28. The van der Waals surface area contributed by atoms with E-state index in [0.717, 1.165) is 32.6 Å². The zero-order valence-electron chi connectivity index (χ0n) is 9.63. The van der Waals surface area contributed by atoms with E-state index in [9.17, 15) is 0 Å². The summed E-state index contributed by atoms with van der Waals surface area (Å²) in [5, 5.41) is 3.82. The van der Waals surface area contributed by atoms with Crippen molar-refractivity contribution in [3.63, 3.8) is 0 Å². The summed E-state index contributed by atoms with van der Waals surface area (Å²) >= 11 is 0. The summed E-state index contributed by atoms with van der Waals surface area (Å²) < 4.78 is 5.38. The van der Waals surface area contributed by atoms with Crippen LogP contribution in [0.3, 0.4) is 0 Å². The van der Waals surface area contributed by atoms with Gasteiger partial charge in [-0.25, -0.2) is 0 Å². The van der Waals surface area contributed by atoms with Crippen molar-refractivity contribution < 1.29 is 4.74 Å². The van der Waals surface area contributed by atoms with Crippen LogP contribution < -0.4 is 11.1 Å². The molecule has 0 atom stereocenters. The van der Waals surface area contributed by atoms with Crippen LogP contribution in [0.4, 0.5) is 0 Å². The SMILES string of the molecule is NCC1(NC2CCOCC2)CCCCC1. The van der Waals surface area contributed by atoms with Gasteiger partial charge in [-0.15, -0.1) is 0 Å². The molecule has 0 radical (unpaired) electrons. The van der Waals surface area contributed by atoms with E-state index in [0.29, 0.717) is 6.04 Å². The van der Waals surface area contributed by atoms with Gasteiger partial charge in [0.05, 0.1) is 0 Å². The molecule has 0 amide bonds. The van der Waals surface area contributed by atoms with Gasteiger partial charge < -0.3 is 15.8 Å². The summed E-state index contributed by atoms with van der Waals surface area (Å²) in [5.74, 6) is 0. The highest BCUT2D eigenvalue weighted by molar-refractivity contribution is 4.94. The van der Waals surface area contributed by atoms with Crippen LogP contribution in [0, 0.1) is 0 Å². The Kier molecular flexibility index (Phi) is 4.00. The molecule has 0 bridgehead atoms. The molecule has 3 nitrogen and oxygen atoms in total. The van der Waals surface area contributed by atoms with Crippen LogP contribution in [0.2, 0.25) is 0 Å². The van der Waals surface area contributed by atoms with Gasteiger partial charge in [0, 0.05) is 31.3 Å².